The average molecular weight is 753 g/mol. The summed E-state index contributed by atoms with van der Waals surface area (Å²) in [5.74, 6) is 1.41. The number of rotatable bonds is 16. The number of amides is 1. The van der Waals surface area contributed by atoms with Crippen LogP contribution in [0, 0.1) is 5.92 Å². The van der Waals surface area contributed by atoms with E-state index in [1.165, 1.54) is 34.7 Å². The van der Waals surface area contributed by atoms with Gasteiger partial charge in [-0.2, -0.15) is 0 Å². The minimum Gasteiger partial charge on any atom is -0.483 e. The summed E-state index contributed by atoms with van der Waals surface area (Å²) in [4.78, 5) is 44.5. The fourth-order valence-electron chi connectivity index (χ4n) is 10.9. The maximum Gasteiger partial charge on any atom is 0.308 e. The SMILES string of the molecule is CC(=O)CN1CC[C@]23c4c5ccc(OC(C)=O)c4O[C@H]2[C@H](N(CC(c2ccccc2)c2ccccc2)C(=O)CCCCCCCc2ccccc2)CC[C@H]3[C@H]1C5. The van der Waals surface area contributed by atoms with E-state index in [4.69, 9.17) is 9.47 Å². The maximum atomic E-state index is 15.0. The van der Waals surface area contributed by atoms with Crippen LogP contribution in [0.15, 0.2) is 103 Å². The molecule has 1 spiro atoms. The smallest absolute Gasteiger partial charge is 0.308 e. The highest BCUT2D eigenvalue weighted by atomic mass is 16.6. The van der Waals surface area contributed by atoms with E-state index < -0.39 is 0 Å². The largest absolute Gasteiger partial charge is 0.483 e. The fourth-order valence-corrected chi connectivity index (χ4v) is 10.9. The molecule has 2 aliphatic carbocycles. The fraction of sp³-hybridized carbons (Fsp3) is 0.449. The summed E-state index contributed by atoms with van der Waals surface area (Å²) >= 11 is 0. The number of piperidine rings is 1. The third-order valence-corrected chi connectivity index (χ3v) is 13.3. The van der Waals surface area contributed by atoms with Gasteiger partial charge in [-0.1, -0.05) is 116 Å². The first-order chi connectivity index (χ1) is 27.3. The summed E-state index contributed by atoms with van der Waals surface area (Å²) in [6, 6.07) is 35.9. The zero-order valence-electron chi connectivity index (χ0n) is 33.0. The second-order valence-corrected chi connectivity index (χ2v) is 16.7. The number of benzene rings is 4. The van der Waals surface area contributed by atoms with E-state index in [9.17, 15) is 14.4 Å². The summed E-state index contributed by atoms with van der Waals surface area (Å²) < 4.78 is 13.0. The van der Waals surface area contributed by atoms with Gasteiger partial charge in [0.1, 0.15) is 11.9 Å². The Morgan fingerprint density at radius 3 is 2.16 bits per heavy atom. The number of ether oxygens (including phenoxy) is 2. The Hall–Kier alpha value is -4.75. The van der Waals surface area contributed by atoms with Gasteiger partial charge < -0.3 is 14.4 Å². The van der Waals surface area contributed by atoms with Gasteiger partial charge >= 0.3 is 5.97 Å². The van der Waals surface area contributed by atoms with Crippen LogP contribution in [0.5, 0.6) is 11.5 Å². The lowest BCUT2D eigenvalue weighted by molar-refractivity contribution is -0.144. The summed E-state index contributed by atoms with van der Waals surface area (Å²) in [5.41, 5.74) is 5.81. The molecule has 1 saturated heterocycles. The third kappa shape index (κ3) is 7.55. The van der Waals surface area contributed by atoms with Gasteiger partial charge in [0.2, 0.25) is 5.91 Å². The Morgan fingerprint density at radius 1 is 0.821 bits per heavy atom. The molecule has 292 valence electrons. The third-order valence-electron chi connectivity index (χ3n) is 13.3. The molecule has 7 heteroatoms. The molecular formula is C49H56N2O5. The molecule has 1 saturated carbocycles. The van der Waals surface area contributed by atoms with Crippen LogP contribution in [-0.4, -0.2) is 65.3 Å². The van der Waals surface area contributed by atoms with Crippen molar-refractivity contribution in [3.63, 3.8) is 0 Å². The number of unbranched alkanes of at least 4 members (excludes halogenated alkanes) is 4. The van der Waals surface area contributed by atoms with Crippen LogP contribution in [0.25, 0.3) is 0 Å². The first kappa shape index (κ1) is 38.1. The van der Waals surface area contributed by atoms with Crippen molar-refractivity contribution in [3.8, 4) is 11.5 Å². The molecule has 5 atom stereocenters. The van der Waals surface area contributed by atoms with Gasteiger partial charge in [0.05, 0.1) is 12.6 Å². The lowest BCUT2D eigenvalue weighted by Crippen LogP contribution is -2.69. The first-order valence-corrected chi connectivity index (χ1v) is 21.0. The van der Waals surface area contributed by atoms with Gasteiger partial charge in [0, 0.05) is 42.8 Å². The normalized spacial score (nSPS) is 23.3. The van der Waals surface area contributed by atoms with E-state index in [-0.39, 0.29) is 53.1 Å². The van der Waals surface area contributed by atoms with Crippen molar-refractivity contribution >= 4 is 17.7 Å². The van der Waals surface area contributed by atoms with E-state index in [1.807, 2.05) is 6.07 Å². The van der Waals surface area contributed by atoms with Gasteiger partial charge in [-0.15, -0.1) is 0 Å². The molecule has 4 aromatic rings. The summed E-state index contributed by atoms with van der Waals surface area (Å²) in [5, 5.41) is 0. The molecule has 7 nitrogen and oxygen atoms in total. The van der Waals surface area contributed by atoms with Gasteiger partial charge in [0.25, 0.3) is 0 Å². The number of carbonyl (C=O) groups is 3. The zero-order valence-corrected chi connectivity index (χ0v) is 33.0. The predicted octanol–water partition coefficient (Wildman–Crippen LogP) is 8.85. The van der Waals surface area contributed by atoms with Gasteiger partial charge in [0.15, 0.2) is 11.5 Å². The van der Waals surface area contributed by atoms with Crippen LogP contribution in [0.3, 0.4) is 0 Å². The van der Waals surface area contributed by atoms with Crippen molar-refractivity contribution < 1.29 is 23.9 Å². The van der Waals surface area contributed by atoms with Crippen LogP contribution in [0.1, 0.15) is 105 Å². The van der Waals surface area contributed by atoms with Crippen LogP contribution >= 0.6 is 0 Å². The summed E-state index contributed by atoms with van der Waals surface area (Å²) in [7, 11) is 0. The molecule has 0 N–H and O–H groups in total. The molecular weight excluding hydrogens is 697 g/mol. The lowest BCUT2D eigenvalue weighted by Gasteiger charge is -2.60. The Kier molecular flexibility index (Phi) is 11.4. The van der Waals surface area contributed by atoms with Crippen molar-refractivity contribution in [1.29, 1.82) is 0 Å². The van der Waals surface area contributed by atoms with Gasteiger partial charge in [-0.05, 0) is 92.7 Å². The molecule has 0 radical (unpaired) electrons. The Balaban J connectivity index is 1.11. The van der Waals surface area contributed by atoms with Crippen LogP contribution in [0.4, 0.5) is 0 Å². The number of nitrogens with zero attached hydrogens (tertiary/aromatic N) is 2. The van der Waals surface area contributed by atoms with Gasteiger partial charge in [-0.3, -0.25) is 19.3 Å². The second kappa shape index (κ2) is 16.8. The summed E-state index contributed by atoms with van der Waals surface area (Å²) in [6.45, 7) is 4.92. The van der Waals surface area contributed by atoms with Crippen molar-refractivity contribution in [1.82, 2.24) is 9.80 Å². The van der Waals surface area contributed by atoms with Crippen molar-refractivity contribution in [2.45, 2.75) is 114 Å². The van der Waals surface area contributed by atoms with Crippen LogP contribution in [-0.2, 0) is 32.6 Å². The number of carbonyl (C=O) groups excluding carboxylic acids is 3. The molecule has 1 amide bonds. The first-order valence-electron chi connectivity index (χ1n) is 21.0. The number of likely N-dealkylation sites (tertiary alicyclic amines) is 1. The van der Waals surface area contributed by atoms with Crippen molar-refractivity contribution in [2.24, 2.45) is 5.92 Å². The molecule has 0 aromatic heterocycles. The van der Waals surface area contributed by atoms with Gasteiger partial charge in [-0.25, -0.2) is 0 Å². The number of hydrogen-bond donors (Lipinski definition) is 0. The minimum atomic E-state index is -0.374. The van der Waals surface area contributed by atoms with Crippen molar-refractivity contribution in [2.75, 3.05) is 19.6 Å². The molecule has 56 heavy (non-hydrogen) atoms. The number of aryl methyl sites for hydroxylation is 1. The van der Waals surface area contributed by atoms with Crippen LogP contribution < -0.4 is 9.47 Å². The topological polar surface area (TPSA) is 76.2 Å². The standard InChI is InChI=1S/C49H56N2O5/c1-34(52)32-50-30-29-49-41-26-27-42(48(49)56-47-44(55-35(2)53)28-25-39(46(47)49)31-43(41)50)51(33-40(37-20-12-7-13-21-37)38-22-14-8-15-23-38)45(54)24-16-5-3-4-9-17-36-18-10-6-11-19-36/h6-8,10-15,18-23,25,28,40-43,48H,3-5,9,16-17,24,26-27,29-33H2,1-2H3/t41-,42+,43+,48-,49-/m0/s1. The minimum absolute atomic E-state index is 0.0120. The maximum absolute atomic E-state index is 15.0. The number of Topliss-reactive ketones (excluding diaryl/α,β-unsaturated/α-hetero) is 1. The zero-order chi connectivity index (χ0) is 38.6. The molecule has 2 heterocycles. The summed E-state index contributed by atoms with van der Waals surface area (Å²) in [6.07, 6.45) is 10.0. The van der Waals surface area contributed by atoms with Crippen LogP contribution in [0.2, 0.25) is 0 Å². The van der Waals surface area contributed by atoms with Crippen molar-refractivity contribution in [3.05, 3.63) is 131 Å². The molecule has 2 fully saturated rings. The Labute approximate surface area is 332 Å². The van der Waals surface area contributed by atoms with E-state index in [2.05, 4.69) is 107 Å². The Bertz CT molecular complexity index is 1960. The van der Waals surface area contributed by atoms with E-state index in [1.54, 1.807) is 6.92 Å². The lowest BCUT2D eigenvalue weighted by atomic mass is 9.51. The quantitative estimate of drug-likeness (QED) is 0.0647. The molecule has 0 unspecified atom stereocenters. The molecule has 2 bridgehead atoms. The second-order valence-electron chi connectivity index (χ2n) is 16.7. The highest BCUT2D eigenvalue weighted by Crippen LogP contribution is 2.64. The van der Waals surface area contributed by atoms with E-state index >= 15 is 0 Å². The molecule has 8 rings (SSSR count). The number of ketones is 1. The predicted molar refractivity (Wildman–Crippen MR) is 219 cm³/mol. The number of esters is 1. The molecule has 2 aliphatic heterocycles. The Morgan fingerprint density at radius 2 is 1.48 bits per heavy atom. The monoisotopic (exact) mass is 752 g/mol. The van der Waals surface area contributed by atoms with E-state index in [0.717, 1.165) is 70.8 Å². The average Bonchev–Trinajstić information content (AvgIpc) is 3.56. The van der Waals surface area contributed by atoms with E-state index in [0.29, 0.717) is 31.0 Å². The molecule has 4 aromatic carbocycles. The highest BCUT2D eigenvalue weighted by molar-refractivity contribution is 5.78. The highest BCUT2D eigenvalue weighted by Gasteiger charge is 2.66. The number of hydrogen-bond acceptors (Lipinski definition) is 6. The molecule has 4 aliphatic rings.